The number of benzene rings is 2. The molecule has 3 rings (SSSR count). The zero-order chi connectivity index (χ0) is 13.8. The number of pyridine rings is 1. The lowest BCUT2D eigenvalue weighted by Gasteiger charge is -2.10. The topological polar surface area (TPSA) is 22.1 Å². The Labute approximate surface area is 118 Å². The van der Waals surface area contributed by atoms with Crippen molar-refractivity contribution >= 4 is 0 Å². The van der Waals surface area contributed by atoms with E-state index in [1.807, 2.05) is 42.7 Å². The first-order valence-corrected chi connectivity index (χ1v) is 6.52. The summed E-state index contributed by atoms with van der Waals surface area (Å²) < 4.78 is 5.20. The van der Waals surface area contributed by atoms with Crippen molar-refractivity contribution < 1.29 is 4.74 Å². The number of methoxy groups -OCH3 is 1. The molecular formula is C18H15NO. The van der Waals surface area contributed by atoms with E-state index in [1.54, 1.807) is 7.11 Å². The zero-order valence-electron chi connectivity index (χ0n) is 11.3. The minimum Gasteiger partial charge on any atom is -0.497 e. The fourth-order valence-electron chi connectivity index (χ4n) is 2.26. The summed E-state index contributed by atoms with van der Waals surface area (Å²) in [5, 5.41) is 0. The molecule has 3 aromatic rings. The van der Waals surface area contributed by atoms with Gasteiger partial charge < -0.3 is 4.74 Å². The third-order valence-electron chi connectivity index (χ3n) is 3.31. The quantitative estimate of drug-likeness (QED) is 0.696. The van der Waals surface area contributed by atoms with Gasteiger partial charge in [0.2, 0.25) is 0 Å². The van der Waals surface area contributed by atoms with E-state index in [9.17, 15) is 0 Å². The van der Waals surface area contributed by atoms with Crippen LogP contribution in [0, 0.1) is 0 Å². The van der Waals surface area contributed by atoms with Crippen LogP contribution >= 0.6 is 0 Å². The molecule has 0 N–H and O–H groups in total. The van der Waals surface area contributed by atoms with Gasteiger partial charge in [-0.25, -0.2) is 0 Å². The molecule has 2 heteroatoms. The number of ether oxygens (including phenoxy) is 1. The molecular weight excluding hydrogens is 246 g/mol. The minimum absolute atomic E-state index is 0.860. The van der Waals surface area contributed by atoms with Crippen LogP contribution < -0.4 is 4.74 Å². The van der Waals surface area contributed by atoms with Gasteiger partial charge in [-0.2, -0.15) is 0 Å². The van der Waals surface area contributed by atoms with Crippen molar-refractivity contribution in [3.05, 3.63) is 73.1 Å². The van der Waals surface area contributed by atoms with Crippen LogP contribution in [0.3, 0.4) is 0 Å². The second-order valence-electron chi connectivity index (χ2n) is 4.52. The Morgan fingerprint density at radius 2 is 1.45 bits per heavy atom. The van der Waals surface area contributed by atoms with E-state index in [1.165, 1.54) is 11.1 Å². The molecule has 0 saturated heterocycles. The Morgan fingerprint density at radius 3 is 2.15 bits per heavy atom. The second kappa shape index (κ2) is 5.57. The predicted octanol–water partition coefficient (Wildman–Crippen LogP) is 4.42. The third-order valence-corrected chi connectivity index (χ3v) is 3.31. The van der Waals surface area contributed by atoms with Crippen molar-refractivity contribution in [1.29, 1.82) is 0 Å². The molecule has 0 unspecified atom stereocenters. The SMILES string of the molecule is COc1ccc(-c2cnccc2-c2ccccc2)cc1. The molecule has 0 atom stereocenters. The monoisotopic (exact) mass is 261 g/mol. The van der Waals surface area contributed by atoms with Gasteiger partial charge in [0, 0.05) is 18.0 Å². The summed E-state index contributed by atoms with van der Waals surface area (Å²) in [5.74, 6) is 0.860. The van der Waals surface area contributed by atoms with E-state index in [2.05, 4.69) is 35.3 Å². The van der Waals surface area contributed by atoms with Crippen LogP contribution in [0.4, 0.5) is 0 Å². The van der Waals surface area contributed by atoms with Gasteiger partial charge in [0.05, 0.1) is 7.11 Å². The Balaban J connectivity index is 2.10. The van der Waals surface area contributed by atoms with Crippen molar-refractivity contribution in [3.63, 3.8) is 0 Å². The van der Waals surface area contributed by atoms with Crippen molar-refractivity contribution in [3.8, 4) is 28.0 Å². The Morgan fingerprint density at radius 1 is 0.750 bits per heavy atom. The first-order chi connectivity index (χ1) is 9.88. The third kappa shape index (κ3) is 2.41. The highest BCUT2D eigenvalue weighted by Crippen LogP contribution is 2.31. The maximum absolute atomic E-state index is 5.20. The first kappa shape index (κ1) is 12.4. The molecule has 0 aliphatic carbocycles. The van der Waals surface area contributed by atoms with Crippen LogP contribution in [0.2, 0.25) is 0 Å². The predicted molar refractivity (Wildman–Crippen MR) is 81.7 cm³/mol. The van der Waals surface area contributed by atoms with Crippen LogP contribution in [-0.4, -0.2) is 12.1 Å². The van der Waals surface area contributed by atoms with Crippen LogP contribution in [0.5, 0.6) is 5.75 Å². The van der Waals surface area contributed by atoms with E-state index in [0.717, 1.165) is 16.9 Å². The Hall–Kier alpha value is -2.61. The van der Waals surface area contributed by atoms with Gasteiger partial charge in [0.1, 0.15) is 5.75 Å². The van der Waals surface area contributed by atoms with Gasteiger partial charge in [-0.05, 0) is 34.9 Å². The van der Waals surface area contributed by atoms with E-state index in [-0.39, 0.29) is 0 Å². The van der Waals surface area contributed by atoms with Gasteiger partial charge >= 0.3 is 0 Å². The zero-order valence-corrected chi connectivity index (χ0v) is 11.3. The van der Waals surface area contributed by atoms with Crippen LogP contribution in [-0.2, 0) is 0 Å². The molecule has 0 spiro atoms. The molecule has 20 heavy (non-hydrogen) atoms. The summed E-state index contributed by atoms with van der Waals surface area (Å²) in [7, 11) is 1.68. The smallest absolute Gasteiger partial charge is 0.118 e. The lowest BCUT2D eigenvalue weighted by atomic mass is 9.97. The molecule has 0 amide bonds. The maximum Gasteiger partial charge on any atom is 0.118 e. The number of aromatic nitrogens is 1. The van der Waals surface area contributed by atoms with Gasteiger partial charge in [-0.15, -0.1) is 0 Å². The highest BCUT2D eigenvalue weighted by atomic mass is 16.5. The fraction of sp³-hybridized carbons (Fsp3) is 0.0556. The van der Waals surface area contributed by atoms with E-state index in [4.69, 9.17) is 4.74 Å². The largest absolute Gasteiger partial charge is 0.497 e. The summed E-state index contributed by atoms with van der Waals surface area (Å²) in [6, 6.07) is 20.5. The molecule has 0 radical (unpaired) electrons. The molecule has 0 saturated carbocycles. The van der Waals surface area contributed by atoms with Gasteiger partial charge in [-0.1, -0.05) is 42.5 Å². The van der Waals surface area contributed by atoms with Crippen molar-refractivity contribution in [2.45, 2.75) is 0 Å². The number of hydrogen-bond donors (Lipinski definition) is 0. The summed E-state index contributed by atoms with van der Waals surface area (Å²) in [5.41, 5.74) is 4.64. The van der Waals surface area contributed by atoms with Crippen molar-refractivity contribution in [2.24, 2.45) is 0 Å². The molecule has 1 aromatic heterocycles. The van der Waals surface area contributed by atoms with Crippen molar-refractivity contribution in [1.82, 2.24) is 4.98 Å². The molecule has 0 aliphatic rings. The maximum atomic E-state index is 5.20. The van der Waals surface area contributed by atoms with Crippen LogP contribution in [0.15, 0.2) is 73.1 Å². The Kier molecular flexibility index (Phi) is 3.46. The lowest BCUT2D eigenvalue weighted by Crippen LogP contribution is -1.87. The Bertz CT molecular complexity index is 690. The standard InChI is InChI=1S/C18H15NO/c1-20-16-9-7-15(8-10-16)18-13-19-12-11-17(18)14-5-3-2-4-6-14/h2-13H,1H3. The normalized spacial score (nSPS) is 10.2. The van der Waals surface area contributed by atoms with E-state index < -0.39 is 0 Å². The van der Waals surface area contributed by atoms with Gasteiger partial charge in [0.25, 0.3) is 0 Å². The number of rotatable bonds is 3. The fourth-order valence-corrected chi connectivity index (χ4v) is 2.26. The number of nitrogens with zero attached hydrogens (tertiary/aromatic N) is 1. The summed E-state index contributed by atoms with van der Waals surface area (Å²) >= 11 is 0. The van der Waals surface area contributed by atoms with E-state index >= 15 is 0 Å². The number of hydrogen-bond acceptors (Lipinski definition) is 2. The second-order valence-corrected chi connectivity index (χ2v) is 4.52. The van der Waals surface area contributed by atoms with E-state index in [0.29, 0.717) is 0 Å². The molecule has 0 bridgehead atoms. The van der Waals surface area contributed by atoms with Crippen molar-refractivity contribution in [2.75, 3.05) is 7.11 Å². The first-order valence-electron chi connectivity index (χ1n) is 6.52. The lowest BCUT2D eigenvalue weighted by molar-refractivity contribution is 0.415. The summed E-state index contributed by atoms with van der Waals surface area (Å²) in [6.07, 6.45) is 3.74. The molecule has 1 heterocycles. The highest BCUT2D eigenvalue weighted by molar-refractivity contribution is 5.82. The minimum atomic E-state index is 0.860. The summed E-state index contributed by atoms with van der Waals surface area (Å²) in [6.45, 7) is 0. The average molecular weight is 261 g/mol. The highest BCUT2D eigenvalue weighted by Gasteiger charge is 2.07. The van der Waals surface area contributed by atoms with Crippen LogP contribution in [0.1, 0.15) is 0 Å². The van der Waals surface area contributed by atoms with Gasteiger partial charge in [0.15, 0.2) is 0 Å². The molecule has 0 fully saturated rings. The van der Waals surface area contributed by atoms with Crippen LogP contribution in [0.25, 0.3) is 22.3 Å². The molecule has 2 nitrogen and oxygen atoms in total. The summed E-state index contributed by atoms with van der Waals surface area (Å²) in [4.78, 5) is 4.26. The molecule has 2 aromatic carbocycles. The average Bonchev–Trinajstić information content (AvgIpc) is 2.56. The molecule has 98 valence electrons. The molecule has 0 aliphatic heterocycles. The van der Waals surface area contributed by atoms with Gasteiger partial charge in [-0.3, -0.25) is 4.98 Å².